The summed E-state index contributed by atoms with van der Waals surface area (Å²) in [7, 11) is 1.34. The van der Waals surface area contributed by atoms with E-state index in [0.717, 1.165) is 0 Å². The number of methoxy groups -OCH3 is 1. The monoisotopic (exact) mass is 302 g/mol. The lowest BCUT2D eigenvalue weighted by Gasteiger charge is -2.20. The van der Waals surface area contributed by atoms with Gasteiger partial charge in [0.05, 0.1) is 25.0 Å². The molecule has 21 heavy (non-hydrogen) atoms. The molecule has 1 aliphatic rings. The minimum absolute atomic E-state index is 0.0949. The summed E-state index contributed by atoms with van der Waals surface area (Å²) in [6.07, 6.45) is 0. The van der Waals surface area contributed by atoms with Crippen LogP contribution < -0.4 is 0 Å². The smallest absolute Gasteiger partial charge is 0.316 e. The van der Waals surface area contributed by atoms with Crippen molar-refractivity contribution < 1.29 is 33.7 Å². The number of hydrogen-bond acceptors (Lipinski definition) is 6. The van der Waals surface area contributed by atoms with E-state index in [1.807, 2.05) is 0 Å². The van der Waals surface area contributed by atoms with Crippen LogP contribution in [0.5, 0.6) is 0 Å². The van der Waals surface area contributed by atoms with Crippen LogP contribution in [0, 0.1) is 17.3 Å². The van der Waals surface area contributed by atoms with E-state index in [1.54, 1.807) is 27.7 Å². The molecule has 3 atom stereocenters. The Morgan fingerprint density at radius 1 is 1.19 bits per heavy atom. The van der Waals surface area contributed by atoms with Gasteiger partial charge in [0.15, 0.2) is 0 Å². The number of esters is 2. The molecule has 7 nitrogen and oxygen atoms in total. The number of carbonyl (C=O) groups is 3. The van der Waals surface area contributed by atoms with Gasteiger partial charge in [0.1, 0.15) is 11.0 Å². The van der Waals surface area contributed by atoms with Crippen molar-refractivity contribution in [2.45, 2.75) is 33.3 Å². The highest BCUT2D eigenvalue weighted by Crippen LogP contribution is 2.60. The van der Waals surface area contributed by atoms with Gasteiger partial charge < -0.3 is 19.3 Å². The van der Waals surface area contributed by atoms with Crippen LogP contribution in [0.1, 0.15) is 27.7 Å². The molecule has 0 saturated heterocycles. The number of hydrogen-bond donors (Lipinski definition) is 1. The summed E-state index contributed by atoms with van der Waals surface area (Å²) in [5.74, 6) is -4.98. The van der Waals surface area contributed by atoms with Gasteiger partial charge in [0, 0.05) is 7.11 Å². The van der Waals surface area contributed by atoms with E-state index in [-0.39, 0.29) is 13.2 Å². The second-order valence-corrected chi connectivity index (χ2v) is 6.02. The molecule has 1 rings (SSSR count). The fourth-order valence-corrected chi connectivity index (χ4v) is 2.51. The zero-order chi connectivity index (χ0) is 16.4. The largest absolute Gasteiger partial charge is 0.481 e. The summed E-state index contributed by atoms with van der Waals surface area (Å²) < 4.78 is 15.1. The average Bonchev–Trinajstić information content (AvgIpc) is 2.98. The van der Waals surface area contributed by atoms with Crippen molar-refractivity contribution in [3.8, 4) is 0 Å². The van der Waals surface area contributed by atoms with E-state index >= 15 is 0 Å². The Labute approximate surface area is 123 Å². The van der Waals surface area contributed by atoms with Crippen molar-refractivity contribution in [3.63, 3.8) is 0 Å². The molecule has 0 radical (unpaired) electrons. The molecule has 0 aliphatic heterocycles. The van der Waals surface area contributed by atoms with Crippen LogP contribution in [0.15, 0.2) is 0 Å². The van der Waals surface area contributed by atoms with Gasteiger partial charge in [-0.05, 0) is 27.7 Å². The minimum Gasteiger partial charge on any atom is -0.481 e. The first kappa shape index (κ1) is 17.4. The van der Waals surface area contributed by atoms with Crippen molar-refractivity contribution in [3.05, 3.63) is 0 Å². The fraction of sp³-hybridized carbons (Fsp3) is 0.786. The van der Waals surface area contributed by atoms with Crippen LogP contribution in [0.3, 0.4) is 0 Å². The van der Waals surface area contributed by atoms with E-state index in [1.165, 1.54) is 7.11 Å². The Hall–Kier alpha value is -1.63. The molecule has 0 aromatic rings. The molecule has 1 N–H and O–H groups in total. The lowest BCUT2D eigenvalue weighted by atomic mass is 10.0. The highest BCUT2D eigenvalue weighted by Gasteiger charge is 2.78. The third-order valence-electron chi connectivity index (χ3n) is 3.30. The molecule has 1 saturated carbocycles. The molecule has 120 valence electrons. The minimum atomic E-state index is -1.50. The van der Waals surface area contributed by atoms with Gasteiger partial charge in [-0.1, -0.05) is 0 Å². The molecular formula is C14H22O7. The maximum absolute atomic E-state index is 12.2. The first-order valence-corrected chi connectivity index (χ1v) is 6.73. The second kappa shape index (κ2) is 6.01. The third kappa shape index (κ3) is 3.34. The summed E-state index contributed by atoms with van der Waals surface area (Å²) in [6, 6.07) is 0. The van der Waals surface area contributed by atoms with E-state index in [2.05, 4.69) is 0 Å². The van der Waals surface area contributed by atoms with Crippen LogP contribution in [-0.4, -0.2) is 48.9 Å². The van der Waals surface area contributed by atoms with Gasteiger partial charge >= 0.3 is 17.9 Å². The lowest BCUT2D eigenvalue weighted by molar-refractivity contribution is -0.163. The Balaban J connectivity index is 3.07. The van der Waals surface area contributed by atoms with Crippen molar-refractivity contribution in [1.29, 1.82) is 0 Å². The summed E-state index contributed by atoms with van der Waals surface area (Å²) in [6.45, 7) is 6.52. The van der Waals surface area contributed by atoms with Crippen LogP contribution in [-0.2, 0) is 28.6 Å². The predicted octanol–water partition coefficient (Wildman–Crippen LogP) is 0.855. The first-order chi connectivity index (χ1) is 9.61. The second-order valence-electron chi connectivity index (χ2n) is 6.02. The average molecular weight is 302 g/mol. The Morgan fingerprint density at radius 3 is 2.14 bits per heavy atom. The van der Waals surface area contributed by atoms with Gasteiger partial charge in [-0.25, -0.2) is 0 Å². The summed E-state index contributed by atoms with van der Waals surface area (Å²) >= 11 is 0. The highest BCUT2D eigenvalue weighted by atomic mass is 16.6. The quantitative estimate of drug-likeness (QED) is 0.726. The zero-order valence-corrected chi connectivity index (χ0v) is 13.0. The van der Waals surface area contributed by atoms with Crippen molar-refractivity contribution in [1.82, 2.24) is 0 Å². The normalized spacial score (nSPS) is 27.9. The van der Waals surface area contributed by atoms with Crippen LogP contribution in [0.25, 0.3) is 0 Å². The standard InChI is InChI=1S/C14H22O7/c1-6-20-12(18)14(7-19-5)8(10(15)16)9(14)11(17)21-13(2,3)4/h8-9H,6-7H2,1-5H3,(H,15,16)/t8-,9+,14+/m0/s1. The topological polar surface area (TPSA) is 99.1 Å². The molecule has 1 aliphatic carbocycles. The summed E-state index contributed by atoms with van der Waals surface area (Å²) in [4.78, 5) is 35.7. The Kier molecular flexibility index (Phi) is 4.99. The molecule has 1 fully saturated rings. The number of carboxylic acid groups (broad SMARTS) is 1. The van der Waals surface area contributed by atoms with Crippen molar-refractivity contribution in [2.75, 3.05) is 20.3 Å². The number of carbonyl (C=O) groups excluding carboxylic acids is 2. The highest BCUT2D eigenvalue weighted by molar-refractivity contribution is 6.00. The zero-order valence-electron chi connectivity index (χ0n) is 13.0. The van der Waals surface area contributed by atoms with E-state index in [4.69, 9.17) is 14.2 Å². The van der Waals surface area contributed by atoms with Gasteiger partial charge in [-0.2, -0.15) is 0 Å². The van der Waals surface area contributed by atoms with Crippen molar-refractivity contribution in [2.24, 2.45) is 17.3 Å². The SMILES string of the molecule is CCOC(=O)[C@]1(COC)[C@H](C(=O)O)[C@@H]1C(=O)OC(C)(C)C. The maximum atomic E-state index is 12.2. The van der Waals surface area contributed by atoms with Crippen LogP contribution >= 0.6 is 0 Å². The predicted molar refractivity (Wildman–Crippen MR) is 71.4 cm³/mol. The first-order valence-electron chi connectivity index (χ1n) is 6.73. The van der Waals surface area contributed by atoms with Gasteiger partial charge in [0.2, 0.25) is 0 Å². The molecule has 0 aromatic carbocycles. The number of rotatable bonds is 6. The van der Waals surface area contributed by atoms with E-state index in [9.17, 15) is 19.5 Å². The molecule has 0 bridgehead atoms. The van der Waals surface area contributed by atoms with Crippen molar-refractivity contribution >= 4 is 17.9 Å². The lowest BCUT2D eigenvalue weighted by Crippen LogP contribution is -2.32. The Bertz CT molecular complexity index is 437. The molecule has 0 heterocycles. The third-order valence-corrected chi connectivity index (χ3v) is 3.30. The van der Waals surface area contributed by atoms with Crippen LogP contribution in [0.4, 0.5) is 0 Å². The number of aliphatic carboxylic acids is 1. The van der Waals surface area contributed by atoms with Gasteiger partial charge in [-0.15, -0.1) is 0 Å². The Morgan fingerprint density at radius 2 is 1.76 bits per heavy atom. The fourth-order valence-electron chi connectivity index (χ4n) is 2.51. The molecular weight excluding hydrogens is 280 g/mol. The van der Waals surface area contributed by atoms with E-state index < -0.39 is 40.8 Å². The molecule has 0 aromatic heterocycles. The molecule has 0 unspecified atom stereocenters. The molecule has 0 spiro atoms. The number of carboxylic acids is 1. The van der Waals surface area contributed by atoms with Gasteiger partial charge in [-0.3, -0.25) is 14.4 Å². The summed E-state index contributed by atoms with van der Waals surface area (Å²) in [5.41, 5.74) is -2.27. The maximum Gasteiger partial charge on any atom is 0.316 e. The molecule has 0 amide bonds. The van der Waals surface area contributed by atoms with E-state index in [0.29, 0.717) is 0 Å². The van der Waals surface area contributed by atoms with Gasteiger partial charge in [0.25, 0.3) is 0 Å². The summed E-state index contributed by atoms with van der Waals surface area (Å²) in [5, 5.41) is 9.28. The number of ether oxygens (including phenoxy) is 3. The molecule has 7 heteroatoms. The van der Waals surface area contributed by atoms with Crippen LogP contribution in [0.2, 0.25) is 0 Å².